The van der Waals surface area contributed by atoms with Crippen molar-refractivity contribution in [3.63, 3.8) is 0 Å². The molecule has 1 heterocycles. The summed E-state index contributed by atoms with van der Waals surface area (Å²) >= 11 is 8.06. The van der Waals surface area contributed by atoms with Crippen molar-refractivity contribution in [1.82, 2.24) is 5.32 Å². The first-order valence-corrected chi connectivity index (χ1v) is 7.50. The van der Waals surface area contributed by atoms with Gasteiger partial charge in [-0.15, -0.1) is 0 Å². The van der Waals surface area contributed by atoms with Crippen LogP contribution in [0.4, 0.5) is 5.69 Å². The molecular weight excluding hydrogens is 379 g/mol. The number of hydrogen-bond acceptors (Lipinski definition) is 2. The first-order chi connectivity index (χ1) is 8.95. The largest absolute Gasteiger partial charge is 0.343 e. The van der Waals surface area contributed by atoms with Gasteiger partial charge >= 0.3 is 0 Å². The third-order valence-electron chi connectivity index (χ3n) is 3.14. The van der Waals surface area contributed by atoms with Gasteiger partial charge in [-0.05, 0) is 54.1 Å². The van der Waals surface area contributed by atoms with Crippen LogP contribution in [0.1, 0.15) is 20.3 Å². The zero-order valence-corrected chi connectivity index (χ0v) is 13.5. The highest BCUT2D eigenvalue weighted by Gasteiger charge is 2.39. The van der Waals surface area contributed by atoms with Gasteiger partial charge in [-0.2, -0.15) is 0 Å². The number of anilines is 1. The van der Waals surface area contributed by atoms with Crippen LogP contribution in [-0.4, -0.2) is 23.9 Å². The number of nitrogens with one attached hydrogen (secondary N) is 1. The van der Waals surface area contributed by atoms with Crippen LogP contribution in [0.15, 0.2) is 18.2 Å². The Morgan fingerprint density at radius 1 is 1.42 bits per heavy atom. The summed E-state index contributed by atoms with van der Waals surface area (Å²) in [6, 6.07) is 4.35. The van der Waals surface area contributed by atoms with E-state index in [0.717, 1.165) is 9.26 Å². The molecule has 0 radical (unpaired) electrons. The zero-order valence-electron chi connectivity index (χ0n) is 10.6. The first-order valence-electron chi connectivity index (χ1n) is 6.04. The number of amides is 2. The number of halogens is 2. The number of hydrogen-bond donors (Lipinski definition) is 1. The number of benzene rings is 1. The summed E-state index contributed by atoms with van der Waals surface area (Å²) in [4.78, 5) is 25.9. The maximum atomic E-state index is 12.4. The predicted molar refractivity (Wildman–Crippen MR) is 83.3 cm³/mol. The number of carbonyl (C=O) groups excluding carboxylic acids is 2. The fourth-order valence-electron chi connectivity index (χ4n) is 2.18. The van der Waals surface area contributed by atoms with E-state index in [1.165, 1.54) is 0 Å². The van der Waals surface area contributed by atoms with Crippen LogP contribution in [0.2, 0.25) is 5.02 Å². The SMILES string of the molecule is CCC1C(=O)NC(C)C(=O)N1c1ccc(Cl)cc1I. The van der Waals surface area contributed by atoms with Crippen LogP contribution in [-0.2, 0) is 9.59 Å². The second-order valence-electron chi connectivity index (χ2n) is 4.46. The van der Waals surface area contributed by atoms with Crippen LogP contribution in [0.25, 0.3) is 0 Å². The molecule has 2 amide bonds. The summed E-state index contributed by atoms with van der Waals surface area (Å²) in [6.45, 7) is 3.59. The Morgan fingerprint density at radius 2 is 2.11 bits per heavy atom. The van der Waals surface area contributed by atoms with E-state index in [1.807, 2.05) is 6.92 Å². The van der Waals surface area contributed by atoms with Gasteiger partial charge in [0, 0.05) is 8.59 Å². The maximum absolute atomic E-state index is 12.4. The van der Waals surface area contributed by atoms with Crippen molar-refractivity contribution in [3.05, 3.63) is 26.8 Å². The molecule has 1 aromatic carbocycles. The van der Waals surface area contributed by atoms with E-state index in [9.17, 15) is 9.59 Å². The van der Waals surface area contributed by atoms with E-state index < -0.39 is 12.1 Å². The quantitative estimate of drug-likeness (QED) is 0.787. The van der Waals surface area contributed by atoms with Crippen molar-refractivity contribution >= 4 is 51.7 Å². The van der Waals surface area contributed by atoms with Crippen molar-refractivity contribution in [3.8, 4) is 0 Å². The number of nitrogens with zero attached hydrogens (tertiary/aromatic N) is 1. The molecule has 0 aromatic heterocycles. The van der Waals surface area contributed by atoms with E-state index in [2.05, 4.69) is 27.9 Å². The van der Waals surface area contributed by atoms with Crippen LogP contribution in [0.5, 0.6) is 0 Å². The summed E-state index contributed by atoms with van der Waals surface area (Å²) in [5, 5.41) is 3.32. The molecule has 102 valence electrons. The molecule has 0 bridgehead atoms. The minimum Gasteiger partial charge on any atom is -0.343 e. The Hall–Kier alpha value is -0.820. The molecule has 0 spiro atoms. The standard InChI is InChI=1S/C13H14ClIN2O2/c1-3-10-12(18)16-7(2)13(19)17(10)11-5-4-8(14)6-9(11)15/h4-7,10H,3H2,1-2H3,(H,16,18). The second-order valence-corrected chi connectivity index (χ2v) is 6.06. The average Bonchev–Trinajstić information content (AvgIpc) is 2.34. The lowest BCUT2D eigenvalue weighted by atomic mass is 10.0. The summed E-state index contributed by atoms with van der Waals surface area (Å²) in [5.41, 5.74) is 0.739. The van der Waals surface area contributed by atoms with E-state index in [4.69, 9.17) is 11.6 Å². The summed E-state index contributed by atoms with van der Waals surface area (Å²) in [6.07, 6.45) is 0.572. The van der Waals surface area contributed by atoms with Gasteiger partial charge in [0.15, 0.2) is 0 Å². The van der Waals surface area contributed by atoms with E-state index >= 15 is 0 Å². The van der Waals surface area contributed by atoms with Crippen molar-refractivity contribution < 1.29 is 9.59 Å². The molecular formula is C13H14ClIN2O2. The van der Waals surface area contributed by atoms with E-state index in [1.54, 1.807) is 30.0 Å². The fourth-order valence-corrected chi connectivity index (χ4v) is 3.31. The number of piperazine rings is 1. The van der Waals surface area contributed by atoms with Crippen LogP contribution >= 0.6 is 34.2 Å². The Bertz CT molecular complexity index is 535. The molecule has 1 saturated heterocycles. The van der Waals surface area contributed by atoms with Crippen LogP contribution in [0.3, 0.4) is 0 Å². The van der Waals surface area contributed by atoms with Crippen molar-refractivity contribution in [2.24, 2.45) is 0 Å². The Labute approximate surface area is 130 Å². The van der Waals surface area contributed by atoms with Crippen molar-refractivity contribution in [1.29, 1.82) is 0 Å². The molecule has 1 aromatic rings. The molecule has 1 aliphatic rings. The highest BCUT2D eigenvalue weighted by molar-refractivity contribution is 14.1. The van der Waals surface area contributed by atoms with Gasteiger partial charge in [-0.1, -0.05) is 18.5 Å². The normalized spacial score (nSPS) is 23.5. The van der Waals surface area contributed by atoms with Crippen LogP contribution < -0.4 is 10.2 Å². The Balaban J connectivity index is 2.48. The van der Waals surface area contributed by atoms with Crippen molar-refractivity contribution in [2.45, 2.75) is 32.4 Å². The molecule has 2 unspecified atom stereocenters. The van der Waals surface area contributed by atoms with E-state index in [-0.39, 0.29) is 11.8 Å². The second kappa shape index (κ2) is 5.66. The monoisotopic (exact) mass is 392 g/mol. The smallest absolute Gasteiger partial charge is 0.250 e. The molecule has 1 N–H and O–H groups in total. The maximum Gasteiger partial charge on any atom is 0.250 e. The van der Waals surface area contributed by atoms with E-state index in [0.29, 0.717) is 11.4 Å². The predicted octanol–water partition coefficient (Wildman–Crippen LogP) is 2.57. The summed E-state index contributed by atoms with van der Waals surface area (Å²) in [7, 11) is 0. The van der Waals surface area contributed by atoms with Gasteiger partial charge in [0.1, 0.15) is 12.1 Å². The van der Waals surface area contributed by atoms with Gasteiger partial charge < -0.3 is 5.32 Å². The summed E-state index contributed by atoms with van der Waals surface area (Å²) < 4.78 is 0.860. The average molecular weight is 393 g/mol. The van der Waals surface area contributed by atoms with Gasteiger partial charge in [-0.3, -0.25) is 14.5 Å². The third-order valence-corrected chi connectivity index (χ3v) is 4.24. The first kappa shape index (κ1) is 14.6. The van der Waals surface area contributed by atoms with Crippen LogP contribution in [0, 0.1) is 3.57 Å². The lowest BCUT2D eigenvalue weighted by Gasteiger charge is -2.38. The molecule has 2 atom stereocenters. The lowest BCUT2D eigenvalue weighted by Crippen LogP contribution is -2.62. The highest BCUT2D eigenvalue weighted by Crippen LogP contribution is 2.30. The minimum absolute atomic E-state index is 0.0910. The van der Waals surface area contributed by atoms with Gasteiger partial charge in [0.05, 0.1) is 5.69 Å². The molecule has 19 heavy (non-hydrogen) atoms. The molecule has 4 nitrogen and oxygen atoms in total. The lowest BCUT2D eigenvalue weighted by molar-refractivity contribution is -0.133. The summed E-state index contributed by atoms with van der Waals surface area (Å²) in [5.74, 6) is -0.202. The molecule has 1 fully saturated rings. The van der Waals surface area contributed by atoms with Gasteiger partial charge in [0.25, 0.3) is 0 Å². The van der Waals surface area contributed by atoms with Gasteiger partial charge in [0.2, 0.25) is 11.8 Å². The number of rotatable bonds is 2. The molecule has 1 aliphatic heterocycles. The molecule has 0 aliphatic carbocycles. The topological polar surface area (TPSA) is 49.4 Å². The fraction of sp³-hybridized carbons (Fsp3) is 0.385. The number of carbonyl (C=O) groups is 2. The van der Waals surface area contributed by atoms with Gasteiger partial charge in [-0.25, -0.2) is 0 Å². The Kier molecular flexibility index (Phi) is 4.35. The van der Waals surface area contributed by atoms with Crippen molar-refractivity contribution in [2.75, 3.05) is 4.90 Å². The Morgan fingerprint density at radius 3 is 2.68 bits per heavy atom. The third kappa shape index (κ3) is 2.72. The highest BCUT2D eigenvalue weighted by atomic mass is 127. The molecule has 6 heteroatoms. The zero-order chi connectivity index (χ0) is 14.2. The molecule has 0 saturated carbocycles. The minimum atomic E-state index is -0.498. The molecule has 2 rings (SSSR count).